The quantitative estimate of drug-likeness (QED) is 0.723. The van der Waals surface area contributed by atoms with Crippen LogP contribution < -0.4 is 0 Å². The fourth-order valence-corrected chi connectivity index (χ4v) is 2.73. The number of hydrogen-bond acceptors (Lipinski definition) is 4. The fourth-order valence-electron chi connectivity index (χ4n) is 2.73. The molecule has 0 spiro atoms. The lowest BCUT2D eigenvalue weighted by Gasteiger charge is -2.16. The molecule has 1 aromatic rings. The van der Waals surface area contributed by atoms with Gasteiger partial charge in [0.2, 0.25) is 0 Å². The molecular weight excluding hydrogens is 328 g/mol. The average molecular weight is 350 g/mol. The van der Waals surface area contributed by atoms with Gasteiger partial charge >= 0.3 is 11.9 Å². The van der Waals surface area contributed by atoms with E-state index in [0.29, 0.717) is 41.9 Å². The standard InChI is InChI=1S/C22H22O4/c1-15-3-7-17(8-4-15)21(23)25-19-11-13-20(14-12-19)26-22(24)18-9-5-16(2)6-10-18/h3-5,7-9,11,13H,6,10,12,14H2,1-2H3. The summed E-state index contributed by atoms with van der Waals surface area (Å²) in [4.78, 5) is 24.3. The summed E-state index contributed by atoms with van der Waals surface area (Å²) in [5.41, 5.74) is 3.57. The van der Waals surface area contributed by atoms with Gasteiger partial charge in [-0.3, -0.25) is 0 Å². The molecule has 0 bridgehead atoms. The van der Waals surface area contributed by atoms with Crippen molar-refractivity contribution in [1.29, 1.82) is 0 Å². The monoisotopic (exact) mass is 350 g/mol. The molecular formula is C22H22O4. The summed E-state index contributed by atoms with van der Waals surface area (Å²) >= 11 is 0. The van der Waals surface area contributed by atoms with Crippen LogP contribution in [0.2, 0.25) is 0 Å². The Morgan fingerprint density at radius 1 is 0.731 bits per heavy atom. The van der Waals surface area contributed by atoms with Gasteiger partial charge in [0, 0.05) is 18.4 Å². The molecule has 26 heavy (non-hydrogen) atoms. The Morgan fingerprint density at radius 3 is 1.88 bits per heavy atom. The van der Waals surface area contributed by atoms with Crippen LogP contribution in [0.1, 0.15) is 48.5 Å². The Morgan fingerprint density at radius 2 is 1.35 bits per heavy atom. The lowest BCUT2D eigenvalue weighted by Crippen LogP contribution is -2.12. The van der Waals surface area contributed by atoms with Crippen molar-refractivity contribution in [3.8, 4) is 0 Å². The number of hydrogen-bond donors (Lipinski definition) is 0. The molecule has 0 aliphatic heterocycles. The summed E-state index contributed by atoms with van der Waals surface area (Å²) < 4.78 is 10.9. The van der Waals surface area contributed by atoms with E-state index in [9.17, 15) is 9.59 Å². The van der Waals surface area contributed by atoms with Gasteiger partial charge in [0.15, 0.2) is 0 Å². The molecule has 0 saturated heterocycles. The highest BCUT2D eigenvalue weighted by Crippen LogP contribution is 2.24. The molecule has 0 fully saturated rings. The first kappa shape index (κ1) is 17.9. The van der Waals surface area contributed by atoms with Crippen molar-refractivity contribution in [2.24, 2.45) is 0 Å². The minimum Gasteiger partial charge on any atom is -0.428 e. The van der Waals surface area contributed by atoms with Gasteiger partial charge in [-0.15, -0.1) is 0 Å². The number of rotatable bonds is 4. The van der Waals surface area contributed by atoms with E-state index in [4.69, 9.17) is 9.47 Å². The van der Waals surface area contributed by atoms with Crippen LogP contribution in [0.3, 0.4) is 0 Å². The zero-order chi connectivity index (χ0) is 18.5. The fraction of sp³-hybridized carbons (Fsp3) is 0.273. The zero-order valence-corrected chi connectivity index (χ0v) is 15.1. The summed E-state index contributed by atoms with van der Waals surface area (Å²) in [7, 11) is 0. The third-order valence-electron chi connectivity index (χ3n) is 4.43. The van der Waals surface area contributed by atoms with E-state index in [1.54, 1.807) is 24.3 Å². The Hall–Kier alpha value is -2.88. The molecule has 0 amide bonds. The van der Waals surface area contributed by atoms with Crippen LogP contribution in [0.4, 0.5) is 0 Å². The van der Waals surface area contributed by atoms with Crippen LogP contribution in [0.25, 0.3) is 0 Å². The predicted octanol–water partition coefficient (Wildman–Crippen LogP) is 4.92. The normalized spacial score (nSPS) is 16.7. The van der Waals surface area contributed by atoms with Crippen molar-refractivity contribution in [3.63, 3.8) is 0 Å². The van der Waals surface area contributed by atoms with Crippen molar-refractivity contribution < 1.29 is 19.1 Å². The third-order valence-corrected chi connectivity index (χ3v) is 4.43. The summed E-state index contributed by atoms with van der Waals surface area (Å²) in [6.07, 6.45) is 9.83. The predicted molar refractivity (Wildman–Crippen MR) is 99.2 cm³/mol. The molecule has 0 atom stereocenters. The van der Waals surface area contributed by atoms with Crippen molar-refractivity contribution in [1.82, 2.24) is 0 Å². The molecule has 0 unspecified atom stereocenters. The first-order valence-corrected chi connectivity index (χ1v) is 8.78. The minimum absolute atomic E-state index is 0.298. The summed E-state index contributed by atoms with van der Waals surface area (Å²) in [5, 5.41) is 0. The maximum atomic E-state index is 12.2. The molecule has 2 aliphatic rings. The first-order valence-electron chi connectivity index (χ1n) is 8.78. The van der Waals surface area contributed by atoms with Gasteiger partial charge in [-0.2, -0.15) is 0 Å². The van der Waals surface area contributed by atoms with Crippen molar-refractivity contribution in [2.45, 2.75) is 39.5 Å². The highest BCUT2D eigenvalue weighted by molar-refractivity contribution is 5.90. The molecule has 0 N–H and O–H groups in total. The van der Waals surface area contributed by atoms with Gasteiger partial charge in [-0.05, 0) is 51.0 Å². The second-order valence-electron chi connectivity index (χ2n) is 6.62. The van der Waals surface area contributed by atoms with E-state index in [0.717, 1.165) is 12.0 Å². The summed E-state index contributed by atoms with van der Waals surface area (Å²) in [6, 6.07) is 7.25. The maximum Gasteiger partial charge on any atom is 0.343 e. The van der Waals surface area contributed by atoms with E-state index < -0.39 is 0 Å². The average Bonchev–Trinajstić information content (AvgIpc) is 2.64. The highest BCUT2D eigenvalue weighted by Gasteiger charge is 2.18. The number of ether oxygens (including phenoxy) is 2. The van der Waals surface area contributed by atoms with Crippen molar-refractivity contribution in [3.05, 3.63) is 82.4 Å². The number of allylic oxidation sites excluding steroid dienone is 7. The second kappa shape index (κ2) is 8.00. The van der Waals surface area contributed by atoms with E-state index in [1.165, 1.54) is 5.57 Å². The van der Waals surface area contributed by atoms with Crippen LogP contribution in [0.15, 0.2) is 71.2 Å². The number of carbonyl (C=O) groups excluding carboxylic acids is 2. The van der Waals surface area contributed by atoms with Crippen LogP contribution in [-0.4, -0.2) is 11.9 Å². The summed E-state index contributed by atoms with van der Waals surface area (Å²) in [6.45, 7) is 4.01. The van der Waals surface area contributed by atoms with E-state index in [1.807, 2.05) is 38.1 Å². The number of carbonyl (C=O) groups is 2. The van der Waals surface area contributed by atoms with E-state index in [-0.39, 0.29) is 11.9 Å². The van der Waals surface area contributed by atoms with Gasteiger partial charge in [-0.1, -0.05) is 35.4 Å². The van der Waals surface area contributed by atoms with E-state index in [2.05, 4.69) is 0 Å². The molecule has 4 nitrogen and oxygen atoms in total. The van der Waals surface area contributed by atoms with Crippen LogP contribution >= 0.6 is 0 Å². The zero-order valence-electron chi connectivity index (χ0n) is 15.1. The number of benzene rings is 1. The van der Waals surface area contributed by atoms with Gasteiger partial charge < -0.3 is 9.47 Å². The van der Waals surface area contributed by atoms with Crippen molar-refractivity contribution in [2.75, 3.05) is 0 Å². The van der Waals surface area contributed by atoms with E-state index >= 15 is 0 Å². The van der Waals surface area contributed by atoms with Crippen molar-refractivity contribution >= 4 is 11.9 Å². The van der Waals surface area contributed by atoms with Gasteiger partial charge in [-0.25, -0.2) is 9.59 Å². The molecule has 0 radical (unpaired) electrons. The highest BCUT2D eigenvalue weighted by atomic mass is 16.5. The smallest absolute Gasteiger partial charge is 0.343 e. The summed E-state index contributed by atoms with van der Waals surface area (Å²) in [5.74, 6) is 0.497. The first-order chi connectivity index (χ1) is 12.5. The minimum atomic E-state index is -0.375. The molecule has 0 heterocycles. The van der Waals surface area contributed by atoms with Gasteiger partial charge in [0.25, 0.3) is 0 Å². The van der Waals surface area contributed by atoms with Crippen LogP contribution in [0.5, 0.6) is 0 Å². The Kier molecular flexibility index (Phi) is 5.52. The molecule has 1 aromatic carbocycles. The Balaban J connectivity index is 1.58. The Bertz CT molecular complexity index is 835. The molecule has 3 rings (SSSR count). The molecule has 2 aliphatic carbocycles. The molecule has 0 aromatic heterocycles. The number of aryl methyl sites for hydroxylation is 1. The van der Waals surface area contributed by atoms with Crippen LogP contribution in [-0.2, 0) is 14.3 Å². The van der Waals surface area contributed by atoms with Gasteiger partial charge in [0.1, 0.15) is 11.5 Å². The third kappa shape index (κ3) is 4.60. The molecule has 134 valence electrons. The lowest BCUT2D eigenvalue weighted by atomic mass is 10.00. The Labute approximate surface area is 153 Å². The largest absolute Gasteiger partial charge is 0.428 e. The molecule has 4 heteroatoms. The maximum absolute atomic E-state index is 12.2. The van der Waals surface area contributed by atoms with Crippen LogP contribution in [0, 0.1) is 6.92 Å². The number of esters is 2. The second-order valence-corrected chi connectivity index (χ2v) is 6.62. The SMILES string of the molecule is CC1=CC=C(C(=O)OC2=CC=C(OC(=O)c3ccc(C)cc3)CC2)CC1. The molecule has 0 saturated carbocycles. The lowest BCUT2D eigenvalue weighted by molar-refractivity contribution is -0.135. The van der Waals surface area contributed by atoms with Gasteiger partial charge in [0.05, 0.1) is 5.56 Å². The topological polar surface area (TPSA) is 52.6 Å².